The molecule has 0 saturated heterocycles. The Kier molecular flexibility index (Phi) is 15.2. The van der Waals surface area contributed by atoms with Crippen LogP contribution in [0.4, 0.5) is 13.2 Å². The van der Waals surface area contributed by atoms with Crippen molar-refractivity contribution in [3.05, 3.63) is 0 Å². The Labute approximate surface area is 105 Å². The first-order chi connectivity index (χ1) is 7.72. The molecule has 0 rings (SSSR count). The fourth-order valence-electron chi connectivity index (χ4n) is 0.847. The third-order valence-electron chi connectivity index (χ3n) is 1.94. The molecule has 0 aromatic heterocycles. The molecule has 0 aliphatic rings. The maximum absolute atomic E-state index is 11.1. The minimum absolute atomic E-state index is 0. The van der Waals surface area contributed by atoms with Crippen molar-refractivity contribution in [1.29, 1.82) is 0 Å². The van der Waals surface area contributed by atoms with Gasteiger partial charge >= 0.3 is 6.18 Å². The number of rotatable bonds is 6. The second-order valence-electron chi connectivity index (χ2n) is 4.02. The Morgan fingerprint density at radius 3 is 1.89 bits per heavy atom. The SMILES string of the molecule is CCCC(F)(F)F.CCN(C)CCO[Si](C)C.[Rf]. The first-order valence-electron chi connectivity index (χ1n) is 5.91. The smallest absolute Gasteiger partial charge is 0.389 e. The van der Waals surface area contributed by atoms with Crippen LogP contribution in [-0.4, -0.2) is 46.9 Å². The van der Waals surface area contributed by atoms with E-state index in [1.807, 2.05) is 0 Å². The van der Waals surface area contributed by atoms with Gasteiger partial charge in [-0.2, -0.15) is 13.2 Å². The van der Waals surface area contributed by atoms with Gasteiger partial charge in [0.05, 0.1) is 0 Å². The van der Waals surface area contributed by atoms with E-state index in [1.54, 1.807) is 0 Å². The Morgan fingerprint density at radius 2 is 1.67 bits per heavy atom. The molecule has 0 N–H and O–H groups in total. The van der Waals surface area contributed by atoms with Gasteiger partial charge in [-0.05, 0) is 33.1 Å². The largest absolute Gasteiger partial charge is 0.416 e. The number of halogens is 3. The number of likely N-dealkylation sites (N-methyl/N-ethyl adjacent to an activating group) is 1. The summed E-state index contributed by atoms with van der Waals surface area (Å²) in [6, 6.07) is 0. The van der Waals surface area contributed by atoms with Crippen LogP contribution in [0.2, 0.25) is 13.1 Å². The summed E-state index contributed by atoms with van der Waals surface area (Å²) >= 11 is 0. The summed E-state index contributed by atoms with van der Waals surface area (Å²) in [4.78, 5) is 2.25. The molecule has 0 fully saturated rings. The molecule has 7 heteroatoms. The summed E-state index contributed by atoms with van der Waals surface area (Å²) in [5.41, 5.74) is 0. The van der Waals surface area contributed by atoms with Gasteiger partial charge in [0, 0.05) is 19.6 Å². The topological polar surface area (TPSA) is 12.5 Å². The summed E-state index contributed by atoms with van der Waals surface area (Å²) in [5, 5.41) is 0. The van der Waals surface area contributed by atoms with E-state index in [4.69, 9.17) is 4.43 Å². The predicted octanol–water partition coefficient (Wildman–Crippen LogP) is 3.55. The molecule has 0 aromatic carbocycles. The molecular formula is C11H25F3NORfSi. The minimum Gasteiger partial charge on any atom is -0.416 e. The zero-order chi connectivity index (χ0) is 13.9. The summed E-state index contributed by atoms with van der Waals surface area (Å²) in [5.74, 6) is 0. The molecule has 0 aliphatic carbocycles. The van der Waals surface area contributed by atoms with E-state index in [2.05, 4.69) is 32.0 Å². The summed E-state index contributed by atoms with van der Waals surface area (Å²) in [6.45, 7) is 11.1. The molecule has 0 aliphatic heterocycles. The van der Waals surface area contributed by atoms with Crippen LogP contribution < -0.4 is 0 Å². The van der Waals surface area contributed by atoms with E-state index >= 15 is 0 Å². The third kappa shape index (κ3) is 24.2. The van der Waals surface area contributed by atoms with Crippen LogP contribution in [-0.2, 0) is 4.43 Å². The van der Waals surface area contributed by atoms with Crippen LogP contribution in [0, 0.1) is 0 Å². The van der Waals surface area contributed by atoms with E-state index in [0.717, 1.165) is 19.7 Å². The van der Waals surface area contributed by atoms with Gasteiger partial charge in [-0.15, -0.1) is 0 Å². The molecule has 0 unspecified atom stereocenters. The first kappa shape index (κ1) is 22.1. The van der Waals surface area contributed by atoms with Crippen molar-refractivity contribution in [2.45, 2.75) is 46.0 Å². The van der Waals surface area contributed by atoms with Gasteiger partial charge in [-0.25, -0.2) is 0 Å². The average molecular weight is 539 g/mol. The molecule has 0 spiro atoms. The average Bonchev–Trinajstić information content (AvgIpc) is 2.16. The zero-order valence-electron chi connectivity index (χ0n) is 12.2. The van der Waals surface area contributed by atoms with Crippen LogP contribution in [0.15, 0.2) is 0 Å². The van der Waals surface area contributed by atoms with E-state index in [9.17, 15) is 13.2 Å². The van der Waals surface area contributed by atoms with Gasteiger partial charge in [-0.3, -0.25) is 0 Å². The van der Waals surface area contributed by atoms with Crippen molar-refractivity contribution in [2.24, 2.45) is 0 Å². The Morgan fingerprint density at radius 1 is 1.17 bits per heavy atom. The van der Waals surface area contributed by atoms with Crippen LogP contribution in [0.1, 0.15) is 26.7 Å². The summed E-state index contributed by atoms with van der Waals surface area (Å²) < 4.78 is 38.6. The molecule has 0 saturated carbocycles. The maximum atomic E-state index is 11.1. The Balaban J connectivity index is -0.000000251. The van der Waals surface area contributed by atoms with Gasteiger partial charge in [-0.1, -0.05) is 13.8 Å². The zero-order valence-corrected chi connectivity index (χ0v) is 19.6. The second-order valence-corrected chi connectivity index (χ2v) is 6.12. The van der Waals surface area contributed by atoms with Gasteiger partial charge in [0.1, 0.15) is 0 Å². The fraction of sp³-hybridized carbons (Fsp3) is 1.00. The molecule has 2 nitrogen and oxygen atoms in total. The molecule has 0 amide bonds. The fourth-order valence-corrected chi connectivity index (χ4v) is 1.35. The van der Waals surface area contributed by atoms with E-state index in [-0.39, 0.29) is 6.42 Å². The molecular weight excluding hydrogens is 514 g/mol. The minimum atomic E-state index is -3.95. The second kappa shape index (κ2) is 12.4. The van der Waals surface area contributed by atoms with Crippen LogP contribution in [0.5, 0.6) is 0 Å². The van der Waals surface area contributed by atoms with Gasteiger partial charge in [0.2, 0.25) is 9.04 Å². The maximum Gasteiger partial charge on any atom is 0.389 e. The monoisotopic (exact) mass is 539 g/mol. The van der Waals surface area contributed by atoms with Crippen molar-refractivity contribution >= 4 is 9.04 Å². The van der Waals surface area contributed by atoms with Crippen molar-refractivity contribution in [3.63, 3.8) is 0 Å². The van der Waals surface area contributed by atoms with Crippen molar-refractivity contribution in [1.82, 2.24) is 4.90 Å². The molecule has 107 valence electrons. The Bertz CT molecular complexity index is 171. The van der Waals surface area contributed by atoms with Crippen LogP contribution >= 0.6 is 0 Å². The van der Waals surface area contributed by atoms with Crippen molar-refractivity contribution in [2.75, 3.05) is 26.7 Å². The van der Waals surface area contributed by atoms with Gasteiger partial charge < -0.3 is 9.33 Å². The standard InChI is InChI=1S/C7H18NOSi.C4H7F3.Rf/c1-5-8(2)6-7-9-10(3)4;1-2-3-4(5,6)7;/h5-7H2,1-4H3;2-3H2,1H3;. The van der Waals surface area contributed by atoms with Crippen LogP contribution in [0.3, 0.4) is 0 Å². The number of hydrogen-bond donors (Lipinski definition) is 0. The third-order valence-corrected chi connectivity index (χ3v) is 2.72. The molecule has 18 heavy (non-hydrogen) atoms. The van der Waals surface area contributed by atoms with E-state index in [0.29, 0.717) is 0 Å². The molecule has 0 atom stereocenters. The van der Waals surface area contributed by atoms with Crippen molar-refractivity contribution in [3.8, 4) is 0 Å². The normalized spacial score (nSPS) is 11.0. The number of hydrogen-bond acceptors (Lipinski definition) is 2. The predicted molar refractivity (Wildman–Crippen MR) is 67.6 cm³/mol. The quantitative estimate of drug-likeness (QED) is 0.479. The number of nitrogens with zero attached hydrogens (tertiary/aromatic N) is 1. The molecule has 0 aromatic rings. The van der Waals surface area contributed by atoms with Gasteiger partial charge in [0.15, 0.2) is 0 Å². The molecule has 0 bridgehead atoms. The summed E-state index contributed by atoms with van der Waals surface area (Å²) in [6.07, 6.45) is -4.43. The van der Waals surface area contributed by atoms with E-state index in [1.165, 1.54) is 6.92 Å². The van der Waals surface area contributed by atoms with Crippen molar-refractivity contribution < 1.29 is 17.6 Å². The molecule has 1 radical (unpaired) electrons. The Hall–Kier alpha value is -1.07. The molecule has 0 heterocycles. The summed E-state index contributed by atoms with van der Waals surface area (Å²) in [7, 11) is 1.65. The first-order valence-corrected chi connectivity index (χ1v) is 8.32. The van der Waals surface area contributed by atoms with Crippen LogP contribution in [0.25, 0.3) is 0 Å². The van der Waals surface area contributed by atoms with E-state index < -0.39 is 21.6 Å². The van der Waals surface area contributed by atoms with Gasteiger partial charge in [0.25, 0.3) is 0 Å². The number of alkyl halides is 3.